The molecule has 0 fully saturated rings. The predicted octanol–water partition coefficient (Wildman–Crippen LogP) is 14.5. The van der Waals surface area contributed by atoms with Crippen LogP contribution in [0.25, 0.3) is 35.4 Å². The number of rotatable bonds is 13. The lowest BCUT2D eigenvalue weighted by Gasteiger charge is -2.32. The Balaban J connectivity index is 0.972. The normalized spacial score (nSPS) is 14.0. The van der Waals surface area contributed by atoms with Gasteiger partial charge < -0.3 is 9.80 Å². The van der Waals surface area contributed by atoms with Gasteiger partial charge in [-0.3, -0.25) is 0 Å². The van der Waals surface area contributed by atoms with Crippen molar-refractivity contribution in [3.8, 4) is 11.1 Å². The van der Waals surface area contributed by atoms with Crippen molar-refractivity contribution in [3.05, 3.63) is 241 Å². The minimum Gasteiger partial charge on any atom is -0.334 e. The van der Waals surface area contributed by atoms with Crippen molar-refractivity contribution < 1.29 is 0 Å². The van der Waals surface area contributed by atoms with E-state index in [-0.39, 0.29) is 0 Å². The molecule has 1 unspecified atom stereocenters. The molecule has 0 radical (unpaired) electrons. The van der Waals surface area contributed by atoms with E-state index in [9.17, 15) is 0 Å². The molecular formula is C53H46N2. The molecule has 1 aliphatic rings. The third kappa shape index (κ3) is 9.56. The molecule has 1 aliphatic carbocycles. The maximum absolute atomic E-state index is 4.34. The minimum absolute atomic E-state index is 0.295. The monoisotopic (exact) mass is 710 g/mol. The second-order valence-corrected chi connectivity index (χ2v) is 13.5. The van der Waals surface area contributed by atoms with Crippen molar-refractivity contribution in [2.24, 2.45) is 0 Å². The Hall–Kier alpha value is -6.90. The average Bonchev–Trinajstić information content (AvgIpc) is 3.25. The topological polar surface area (TPSA) is 6.48 Å². The van der Waals surface area contributed by atoms with Crippen molar-refractivity contribution >= 4 is 47.1 Å². The molecule has 268 valence electrons. The Kier molecular flexibility index (Phi) is 12.1. The van der Waals surface area contributed by atoms with Crippen LogP contribution in [0.1, 0.15) is 35.6 Å². The number of para-hydroxylation sites is 2. The Morgan fingerprint density at radius 2 is 0.945 bits per heavy atom. The van der Waals surface area contributed by atoms with Crippen LogP contribution in [0.4, 0.5) is 22.7 Å². The van der Waals surface area contributed by atoms with Gasteiger partial charge in [0, 0.05) is 28.4 Å². The Morgan fingerprint density at radius 3 is 1.42 bits per heavy atom. The molecular weight excluding hydrogens is 665 g/mol. The van der Waals surface area contributed by atoms with E-state index in [4.69, 9.17) is 0 Å². The van der Waals surface area contributed by atoms with Gasteiger partial charge in [-0.2, -0.15) is 0 Å². The number of benzene rings is 6. The van der Waals surface area contributed by atoms with E-state index in [1.807, 2.05) is 37.3 Å². The van der Waals surface area contributed by atoms with Gasteiger partial charge in [-0.1, -0.05) is 183 Å². The molecule has 2 nitrogen and oxygen atoms in total. The standard InChI is InChI=1S/C53H46N2/c1-3-4-8-15-42(2)54(49-16-9-5-10-17-49)52-38-30-45(31-39-52)24-22-43-26-34-47(35-27-43)48-36-28-44(29-37-48)23-25-46-32-40-53(41-33-46)55(50-18-11-6-12-19-50)51-20-13-7-14-21-51/h3-20,22-41,51H,2,21H2,1H3/b4-3-,15-8-,24-22+,25-23+. The van der Waals surface area contributed by atoms with Gasteiger partial charge in [0.05, 0.1) is 6.04 Å². The zero-order valence-corrected chi connectivity index (χ0v) is 31.3. The van der Waals surface area contributed by atoms with E-state index < -0.39 is 0 Å². The first kappa shape index (κ1) is 36.5. The Bertz CT molecular complexity index is 2320. The molecule has 0 saturated heterocycles. The van der Waals surface area contributed by atoms with Gasteiger partial charge in [-0.05, 0) is 101 Å². The van der Waals surface area contributed by atoms with Crippen molar-refractivity contribution in [1.29, 1.82) is 0 Å². The molecule has 0 aromatic heterocycles. The largest absolute Gasteiger partial charge is 0.334 e. The lowest BCUT2D eigenvalue weighted by molar-refractivity contribution is 0.785. The van der Waals surface area contributed by atoms with Crippen molar-refractivity contribution in [2.75, 3.05) is 9.80 Å². The van der Waals surface area contributed by atoms with Crippen LogP contribution in [0.5, 0.6) is 0 Å². The lowest BCUT2D eigenvalue weighted by Crippen LogP contribution is -2.29. The number of hydrogen-bond acceptors (Lipinski definition) is 2. The lowest BCUT2D eigenvalue weighted by atomic mass is 10.0. The number of hydrogen-bond donors (Lipinski definition) is 0. The van der Waals surface area contributed by atoms with Crippen LogP contribution in [0, 0.1) is 0 Å². The molecule has 0 heterocycles. The second-order valence-electron chi connectivity index (χ2n) is 13.5. The van der Waals surface area contributed by atoms with Gasteiger partial charge in [0.1, 0.15) is 0 Å². The van der Waals surface area contributed by atoms with Crippen LogP contribution in [-0.4, -0.2) is 6.04 Å². The van der Waals surface area contributed by atoms with E-state index in [0.29, 0.717) is 6.04 Å². The molecule has 6 aromatic rings. The summed E-state index contributed by atoms with van der Waals surface area (Å²) in [4.78, 5) is 4.58. The Labute approximate surface area is 327 Å². The van der Waals surface area contributed by atoms with E-state index >= 15 is 0 Å². The number of allylic oxidation sites excluding steroid dienone is 6. The SMILES string of the molecule is C=C(/C=C\C=C/C)N(c1ccccc1)c1ccc(/C=C/c2ccc(-c3ccc(/C=C/c4ccc(N(c5ccccc5)C5C=CC=CC5)cc4)cc3)cc2)cc1. The maximum Gasteiger partial charge on any atom is 0.0559 e. The molecule has 0 amide bonds. The van der Waals surface area contributed by atoms with Gasteiger partial charge in [0.2, 0.25) is 0 Å². The highest BCUT2D eigenvalue weighted by atomic mass is 15.2. The molecule has 0 saturated carbocycles. The summed E-state index contributed by atoms with van der Waals surface area (Å²) in [5.74, 6) is 0. The molecule has 2 heteroatoms. The molecule has 6 aromatic carbocycles. The van der Waals surface area contributed by atoms with E-state index in [2.05, 4.69) is 217 Å². The average molecular weight is 711 g/mol. The van der Waals surface area contributed by atoms with Crippen LogP contribution in [0.15, 0.2) is 219 Å². The molecule has 0 N–H and O–H groups in total. The van der Waals surface area contributed by atoms with Crippen molar-refractivity contribution in [1.82, 2.24) is 0 Å². The van der Waals surface area contributed by atoms with Crippen LogP contribution >= 0.6 is 0 Å². The molecule has 1 atom stereocenters. The quantitative estimate of drug-likeness (QED) is 0.0870. The molecule has 55 heavy (non-hydrogen) atoms. The summed E-state index contributed by atoms with van der Waals surface area (Å²) in [7, 11) is 0. The van der Waals surface area contributed by atoms with Gasteiger partial charge in [-0.15, -0.1) is 0 Å². The third-order valence-electron chi connectivity index (χ3n) is 9.63. The molecule has 0 spiro atoms. The van der Waals surface area contributed by atoms with E-state index in [1.165, 1.54) is 33.6 Å². The van der Waals surface area contributed by atoms with Gasteiger partial charge in [0.25, 0.3) is 0 Å². The summed E-state index contributed by atoms with van der Waals surface area (Å²) in [6.45, 7) is 6.35. The third-order valence-corrected chi connectivity index (χ3v) is 9.63. The fourth-order valence-corrected chi connectivity index (χ4v) is 6.73. The highest BCUT2D eigenvalue weighted by Crippen LogP contribution is 2.32. The van der Waals surface area contributed by atoms with E-state index in [1.54, 1.807) is 0 Å². The summed E-state index contributed by atoms with van der Waals surface area (Å²) in [6, 6.07) is 56.2. The summed E-state index contributed by atoms with van der Waals surface area (Å²) in [5, 5.41) is 0. The van der Waals surface area contributed by atoms with Gasteiger partial charge in [0.15, 0.2) is 0 Å². The molecule has 0 aliphatic heterocycles. The number of anilines is 4. The zero-order chi connectivity index (χ0) is 37.7. The second kappa shape index (κ2) is 18.2. The minimum atomic E-state index is 0.295. The van der Waals surface area contributed by atoms with Crippen LogP contribution in [0.2, 0.25) is 0 Å². The van der Waals surface area contributed by atoms with E-state index in [0.717, 1.165) is 34.6 Å². The first-order valence-electron chi connectivity index (χ1n) is 18.9. The predicted molar refractivity (Wildman–Crippen MR) is 240 cm³/mol. The summed E-state index contributed by atoms with van der Waals surface area (Å²) in [6.07, 6.45) is 26.5. The summed E-state index contributed by atoms with van der Waals surface area (Å²) in [5.41, 5.74) is 12.5. The van der Waals surface area contributed by atoms with Gasteiger partial charge in [-0.25, -0.2) is 0 Å². The highest BCUT2D eigenvalue weighted by Gasteiger charge is 2.18. The van der Waals surface area contributed by atoms with Crippen molar-refractivity contribution in [3.63, 3.8) is 0 Å². The fourth-order valence-electron chi connectivity index (χ4n) is 6.73. The molecule has 0 bridgehead atoms. The molecule has 7 rings (SSSR count). The first-order valence-corrected chi connectivity index (χ1v) is 18.9. The zero-order valence-electron chi connectivity index (χ0n) is 31.3. The fraction of sp³-hybridized carbons (Fsp3) is 0.0566. The summed E-state index contributed by atoms with van der Waals surface area (Å²) >= 11 is 0. The van der Waals surface area contributed by atoms with Crippen LogP contribution in [0.3, 0.4) is 0 Å². The summed E-state index contributed by atoms with van der Waals surface area (Å²) < 4.78 is 0. The Morgan fingerprint density at radius 1 is 0.509 bits per heavy atom. The smallest absolute Gasteiger partial charge is 0.0559 e. The number of nitrogens with zero attached hydrogens (tertiary/aromatic N) is 2. The van der Waals surface area contributed by atoms with Crippen LogP contribution < -0.4 is 9.80 Å². The highest BCUT2D eigenvalue weighted by molar-refractivity contribution is 5.77. The van der Waals surface area contributed by atoms with Gasteiger partial charge >= 0.3 is 0 Å². The maximum atomic E-state index is 4.34. The first-order chi connectivity index (χ1) is 27.1. The van der Waals surface area contributed by atoms with Crippen molar-refractivity contribution in [2.45, 2.75) is 19.4 Å². The van der Waals surface area contributed by atoms with Crippen LogP contribution in [-0.2, 0) is 0 Å².